The number of halogens is 1. The van der Waals surface area contributed by atoms with Crippen LogP contribution in [-0.2, 0) is 21.2 Å². The molecule has 1 amide bonds. The van der Waals surface area contributed by atoms with Crippen molar-refractivity contribution < 1.29 is 17.6 Å². The van der Waals surface area contributed by atoms with Gasteiger partial charge in [0.25, 0.3) is 5.91 Å². The second kappa shape index (κ2) is 6.72. The Morgan fingerprint density at radius 2 is 1.81 bits per heavy atom. The monoisotopic (exact) mass is 376 g/mol. The van der Waals surface area contributed by atoms with Crippen LogP contribution in [0.5, 0.6) is 0 Å². The number of sulfonamides is 1. The number of hydrogen-bond acceptors (Lipinski definition) is 3. The van der Waals surface area contributed by atoms with E-state index in [1.807, 2.05) is 31.2 Å². The molecular formula is C19H21FN2O3S. The SMILES string of the molecule is C[C@H](C(=O)N1c2ccccc2C[C@@H]1C)N(c1ccc(F)cc1)S(C)(=O)=O. The fourth-order valence-corrected chi connectivity index (χ4v) is 4.66. The van der Waals surface area contributed by atoms with E-state index >= 15 is 0 Å². The first-order valence-corrected chi connectivity index (χ1v) is 10.2. The Kier molecular flexibility index (Phi) is 4.75. The van der Waals surface area contributed by atoms with Crippen molar-refractivity contribution in [2.75, 3.05) is 15.5 Å². The van der Waals surface area contributed by atoms with Crippen LogP contribution in [0.1, 0.15) is 19.4 Å². The summed E-state index contributed by atoms with van der Waals surface area (Å²) in [6.45, 7) is 3.49. The zero-order valence-electron chi connectivity index (χ0n) is 14.9. The molecule has 2 aromatic rings. The van der Waals surface area contributed by atoms with Crippen molar-refractivity contribution in [3.05, 3.63) is 59.9 Å². The number of benzene rings is 2. The van der Waals surface area contributed by atoms with E-state index < -0.39 is 21.9 Å². The van der Waals surface area contributed by atoms with Crippen molar-refractivity contribution in [2.45, 2.75) is 32.4 Å². The molecule has 0 N–H and O–H groups in total. The van der Waals surface area contributed by atoms with E-state index in [0.29, 0.717) is 0 Å². The van der Waals surface area contributed by atoms with Crippen LogP contribution in [0.3, 0.4) is 0 Å². The van der Waals surface area contributed by atoms with Gasteiger partial charge in [0.05, 0.1) is 11.9 Å². The molecule has 0 radical (unpaired) electrons. The second-order valence-corrected chi connectivity index (χ2v) is 8.46. The van der Waals surface area contributed by atoms with Gasteiger partial charge in [-0.05, 0) is 56.2 Å². The quantitative estimate of drug-likeness (QED) is 0.824. The molecule has 2 atom stereocenters. The van der Waals surface area contributed by atoms with E-state index in [4.69, 9.17) is 0 Å². The average molecular weight is 376 g/mol. The highest BCUT2D eigenvalue weighted by molar-refractivity contribution is 7.92. The van der Waals surface area contributed by atoms with Crippen LogP contribution in [0.4, 0.5) is 15.8 Å². The molecule has 26 heavy (non-hydrogen) atoms. The maximum Gasteiger partial charge on any atom is 0.250 e. The lowest BCUT2D eigenvalue weighted by molar-refractivity contribution is -0.119. The molecule has 2 aromatic carbocycles. The molecule has 0 bridgehead atoms. The maximum atomic E-state index is 13.2. The Morgan fingerprint density at radius 1 is 1.19 bits per heavy atom. The highest BCUT2D eigenvalue weighted by Crippen LogP contribution is 2.33. The molecule has 0 spiro atoms. The van der Waals surface area contributed by atoms with Crippen LogP contribution < -0.4 is 9.21 Å². The van der Waals surface area contributed by atoms with E-state index in [-0.39, 0.29) is 17.6 Å². The fraction of sp³-hybridized carbons (Fsp3) is 0.316. The van der Waals surface area contributed by atoms with Crippen molar-refractivity contribution in [2.24, 2.45) is 0 Å². The third-order valence-electron chi connectivity index (χ3n) is 4.59. The average Bonchev–Trinajstić information content (AvgIpc) is 2.90. The van der Waals surface area contributed by atoms with Gasteiger partial charge in [0, 0.05) is 11.7 Å². The highest BCUT2D eigenvalue weighted by atomic mass is 32.2. The molecule has 0 aromatic heterocycles. The highest BCUT2D eigenvalue weighted by Gasteiger charge is 2.37. The zero-order chi connectivity index (χ0) is 19.1. The van der Waals surface area contributed by atoms with Crippen molar-refractivity contribution in [3.63, 3.8) is 0 Å². The van der Waals surface area contributed by atoms with Crippen molar-refractivity contribution in [3.8, 4) is 0 Å². The summed E-state index contributed by atoms with van der Waals surface area (Å²) < 4.78 is 39.0. The number of carbonyl (C=O) groups is 1. The van der Waals surface area contributed by atoms with E-state index in [2.05, 4.69) is 0 Å². The summed E-state index contributed by atoms with van der Waals surface area (Å²) in [5, 5.41) is 0. The Labute approximate surface area is 153 Å². The normalized spacial score (nSPS) is 17.7. The molecule has 1 aliphatic rings. The number of fused-ring (bicyclic) bond motifs is 1. The summed E-state index contributed by atoms with van der Waals surface area (Å²) in [5.74, 6) is -0.777. The fourth-order valence-electron chi connectivity index (χ4n) is 3.49. The number of nitrogens with zero attached hydrogens (tertiary/aromatic N) is 2. The van der Waals surface area contributed by atoms with Gasteiger partial charge in [-0.3, -0.25) is 9.10 Å². The molecule has 138 valence electrons. The first kappa shape index (κ1) is 18.4. The third kappa shape index (κ3) is 3.31. The van der Waals surface area contributed by atoms with E-state index in [0.717, 1.165) is 28.2 Å². The molecule has 0 saturated heterocycles. The predicted octanol–water partition coefficient (Wildman–Crippen LogP) is 2.96. The van der Waals surface area contributed by atoms with E-state index in [1.165, 1.54) is 24.3 Å². The Bertz CT molecular complexity index is 928. The number of rotatable bonds is 4. The molecule has 0 fully saturated rings. The standard InChI is InChI=1S/C19H21FN2O3S/c1-13-12-15-6-4-5-7-18(15)21(13)19(23)14(2)22(26(3,24)25)17-10-8-16(20)9-11-17/h4-11,13-14H,12H2,1-3H3/t13-,14+/m0/s1. The summed E-state index contributed by atoms with van der Waals surface area (Å²) in [4.78, 5) is 14.8. The lowest BCUT2D eigenvalue weighted by Gasteiger charge is -2.33. The van der Waals surface area contributed by atoms with Crippen LogP contribution in [0.15, 0.2) is 48.5 Å². The van der Waals surface area contributed by atoms with Crippen molar-refractivity contribution in [1.29, 1.82) is 0 Å². The molecule has 0 unspecified atom stereocenters. The molecule has 5 nitrogen and oxygen atoms in total. The lowest BCUT2D eigenvalue weighted by atomic mass is 10.1. The van der Waals surface area contributed by atoms with Crippen LogP contribution >= 0.6 is 0 Å². The number of carbonyl (C=O) groups excluding carboxylic acids is 1. The van der Waals surface area contributed by atoms with Gasteiger partial charge in [0.1, 0.15) is 11.9 Å². The number of hydrogen-bond donors (Lipinski definition) is 0. The van der Waals surface area contributed by atoms with Crippen molar-refractivity contribution >= 4 is 27.3 Å². The van der Waals surface area contributed by atoms with Crippen LogP contribution in [-0.4, -0.2) is 32.7 Å². The first-order valence-electron chi connectivity index (χ1n) is 8.36. The van der Waals surface area contributed by atoms with E-state index in [9.17, 15) is 17.6 Å². The van der Waals surface area contributed by atoms with Crippen LogP contribution in [0.2, 0.25) is 0 Å². The minimum absolute atomic E-state index is 0.0584. The number of anilines is 2. The van der Waals surface area contributed by atoms with Gasteiger partial charge >= 0.3 is 0 Å². The van der Waals surface area contributed by atoms with Gasteiger partial charge in [-0.25, -0.2) is 12.8 Å². The molecule has 0 saturated carbocycles. The summed E-state index contributed by atoms with van der Waals surface area (Å²) in [6, 6.07) is 11.7. The maximum absolute atomic E-state index is 13.2. The number of para-hydroxylation sites is 1. The summed E-state index contributed by atoms with van der Waals surface area (Å²) in [5.41, 5.74) is 2.13. The molecule has 1 aliphatic heterocycles. The van der Waals surface area contributed by atoms with E-state index in [1.54, 1.807) is 11.8 Å². The van der Waals surface area contributed by atoms with Gasteiger partial charge in [0.2, 0.25) is 10.0 Å². The molecular weight excluding hydrogens is 355 g/mol. The second-order valence-electron chi connectivity index (χ2n) is 6.60. The lowest BCUT2D eigenvalue weighted by Crippen LogP contribution is -2.51. The topological polar surface area (TPSA) is 57.7 Å². The largest absolute Gasteiger partial charge is 0.307 e. The minimum atomic E-state index is -3.74. The minimum Gasteiger partial charge on any atom is -0.307 e. The third-order valence-corrected chi connectivity index (χ3v) is 5.83. The Morgan fingerprint density at radius 3 is 2.42 bits per heavy atom. The van der Waals surface area contributed by atoms with Gasteiger partial charge in [-0.2, -0.15) is 0 Å². The summed E-state index contributed by atoms with van der Waals surface area (Å²) >= 11 is 0. The smallest absolute Gasteiger partial charge is 0.250 e. The van der Waals surface area contributed by atoms with Gasteiger partial charge in [0.15, 0.2) is 0 Å². The first-order chi connectivity index (χ1) is 12.2. The molecule has 3 rings (SSSR count). The van der Waals surface area contributed by atoms with Gasteiger partial charge in [-0.15, -0.1) is 0 Å². The van der Waals surface area contributed by atoms with Gasteiger partial charge < -0.3 is 4.90 Å². The summed E-state index contributed by atoms with van der Waals surface area (Å²) in [6.07, 6.45) is 1.77. The van der Waals surface area contributed by atoms with Gasteiger partial charge in [-0.1, -0.05) is 18.2 Å². The molecule has 0 aliphatic carbocycles. The Balaban J connectivity index is 1.98. The number of amides is 1. The summed E-state index contributed by atoms with van der Waals surface area (Å²) in [7, 11) is -3.74. The van der Waals surface area contributed by atoms with Crippen molar-refractivity contribution in [1.82, 2.24) is 0 Å². The zero-order valence-corrected chi connectivity index (χ0v) is 15.7. The van der Waals surface area contributed by atoms with Crippen LogP contribution in [0, 0.1) is 5.82 Å². The van der Waals surface area contributed by atoms with Crippen LogP contribution in [0.25, 0.3) is 0 Å². The Hall–Kier alpha value is -2.41. The predicted molar refractivity (Wildman–Crippen MR) is 100 cm³/mol. The molecule has 1 heterocycles. The molecule has 7 heteroatoms.